The van der Waals surface area contributed by atoms with E-state index >= 15 is 0 Å². The summed E-state index contributed by atoms with van der Waals surface area (Å²) < 4.78 is 5.51. The zero-order valence-corrected chi connectivity index (χ0v) is 11.2. The van der Waals surface area contributed by atoms with Gasteiger partial charge in [-0.2, -0.15) is 0 Å². The Morgan fingerprint density at radius 3 is 2.89 bits per heavy atom. The first-order valence-corrected chi connectivity index (χ1v) is 7.46. The largest absolute Gasteiger partial charge is 0.378 e. The third kappa shape index (κ3) is 4.94. The standard InChI is InChI=1S/C14H26N2O2/c17-14(7-6-13-5-3-11-18-13)16-10-8-12-4-1-2-9-15-12/h12-13,15H,1-11H2,(H,16,17). The van der Waals surface area contributed by atoms with E-state index in [1.165, 1.54) is 19.3 Å². The Balaban J connectivity index is 1.48. The average Bonchev–Trinajstić information content (AvgIpc) is 2.91. The third-order valence-corrected chi connectivity index (χ3v) is 3.94. The highest BCUT2D eigenvalue weighted by Crippen LogP contribution is 2.16. The summed E-state index contributed by atoms with van der Waals surface area (Å²) in [6.45, 7) is 2.82. The number of piperidine rings is 1. The summed E-state index contributed by atoms with van der Waals surface area (Å²) in [5.41, 5.74) is 0. The molecule has 104 valence electrons. The maximum Gasteiger partial charge on any atom is 0.220 e. The van der Waals surface area contributed by atoms with E-state index in [2.05, 4.69) is 10.6 Å². The van der Waals surface area contributed by atoms with Crippen molar-refractivity contribution in [1.29, 1.82) is 0 Å². The molecule has 0 saturated carbocycles. The summed E-state index contributed by atoms with van der Waals surface area (Å²) in [7, 11) is 0. The predicted octanol–water partition coefficient (Wildman–Crippen LogP) is 1.59. The number of carbonyl (C=O) groups excluding carboxylic acids is 1. The number of carbonyl (C=O) groups is 1. The minimum absolute atomic E-state index is 0.182. The van der Waals surface area contributed by atoms with Crippen molar-refractivity contribution in [1.82, 2.24) is 10.6 Å². The van der Waals surface area contributed by atoms with Gasteiger partial charge in [0.05, 0.1) is 6.10 Å². The van der Waals surface area contributed by atoms with Gasteiger partial charge in [-0.15, -0.1) is 0 Å². The van der Waals surface area contributed by atoms with Crippen LogP contribution in [0.3, 0.4) is 0 Å². The van der Waals surface area contributed by atoms with Crippen molar-refractivity contribution in [2.24, 2.45) is 0 Å². The molecule has 0 aromatic carbocycles. The molecule has 2 unspecified atom stereocenters. The molecule has 0 aromatic rings. The van der Waals surface area contributed by atoms with Crippen LogP contribution in [-0.4, -0.2) is 37.7 Å². The van der Waals surface area contributed by atoms with Gasteiger partial charge in [-0.3, -0.25) is 4.79 Å². The number of rotatable bonds is 6. The lowest BCUT2D eigenvalue weighted by molar-refractivity contribution is -0.121. The van der Waals surface area contributed by atoms with Crippen molar-refractivity contribution >= 4 is 5.91 Å². The SMILES string of the molecule is O=C(CCC1CCCO1)NCCC1CCCCN1. The molecular weight excluding hydrogens is 228 g/mol. The smallest absolute Gasteiger partial charge is 0.220 e. The first-order chi connectivity index (χ1) is 8.84. The van der Waals surface area contributed by atoms with E-state index < -0.39 is 0 Å². The maximum absolute atomic E-state index is 11.7. The molecule has 2 aliphatic heterocycles. The van der Waals surface area contributed by atoms with Gasteiger partial charge < -0.3 is 15.4 Å². The van der Waals surface area contributed by atoms with Crippen LogP contribution in [0.15, 0.2) is 0 Å². The van der Waals surface area contributed by atoms with Crippen molar-refractivity contribution in [3.63, 3.8) is 0 Å². The second-order valence-electron chi connectivity index (χ2n) is 5.46. The third-order valence-electron chi connectivity index (χ3n) is 3.94. The minimum Gasteiger partial charge on any atom is -0.378 e. The van der Waals surface area contributed by atoms with Crippen molar-refractivity contribution in [3.8, 4) is 0 Å². The Hall–Kier alpha value is -0.610. The molecule has 4 heteroatoms. The molecule has 4 nitrogen and oxygen atoms in total. The van der Waals surface area contributed by atoms with Gasteiger partial charge in [-0.1, -0.05) is 6.42 Å². The van der Waals surface area contributed by atoms with Crippen LogP contribution in [0.2, 0.25) is 0 Å². The Bertz CT molecular complexity index is 246. The average molecular weight is 254 g/mol. The van der Waals surface area contributed by atoms with E-state index in [1.807, 2.05) is 0 Å². The molecule has 0 spiro atoms. The van der Waals surface area contributed by atoms with Gasteiger partial charge in [0.15, 0.2) is 0 Å². The fraction of sp³-hybridized carbons (Fsp3) is 0.929. The molecule has 0 aromatic heterocycles. The molecule has 2 saturated heterocycles. The number of hydrogen-bond acceptors (Lipinski definition) is 3. The van der Waals surface area contributed by atoms with Crippen LogP contribution < -0.4 is 10.6 Å². The molecule has 0 bridgehead atoms. The van der Waals surface area contributed by atoms with Gasteiger partial charge in [0.1, 0.15) is 0 Å². The quantitative estimate of drug-likeness (QED) is 0.757. The molecule has 2 heterocycles. The molecule has 2 aliphatic rings. The van der Waals surface area contributed by atoms with E-state index in [4.69, 9.17) is 4.74 Å². The first kappa shape index (κ1) is 13.8. The lowest BCUT2D eigenvalue weighted by Crippen LogP contribution is -2.37. The predicted molar refractivity (Wildman–Crippen MR) is 71.5 cm³/mol. The molecule has 2 atom stereocenters. The fourth-order valence-electron chi connectivity index (χ4n) is 2.81. The summed E-state index contributed by atoms with van der Waals surface area (Å²) in [5.74, 6) is 0.182. The summed E-state index contributed by atoms with van der Waals surface area (Å²) in [6, 6.07) is 0.609. The highest BCUT2D eigenvalue weighted by atomic mass is 16.5. The van der Waals surface area contributed by atoms with Crippen LogP contribution in [0, 0.1) is 0 Å². The van der Waals surface area contributed by atoms with E-state index in [0.29, 0.717) is 18.6 Å². The molecule has 2 fully saturated rings. The Kier molecular flexibility index (Phi) is 5.94. The maximum atomic E-state index is 11.7. The molecule has 2 rings (SSSR count). The van der Waals surface area contributed by atoms with Gasteiger partial charge in [0.2, 0.25) is 5.91 Å². The van der Waals surface area contributed by atoms with Gasteiger partial charge in [0.25, 0.3) is 0 Å². The number of ether oxygens (including phenoxy) is 1. The summed E-state index contributed by atoms with van der Waals surface area (Å²) >= 11 is 0. The molecule has 18 heavy (non-hydrogen) atoms. The van der Waals surface area contributed by atoms with E-state index in [1.54, 1.807) is 0 Å². The molecular formula is C14H26N2O2. The number of nitrogens with one attached hydrogen (secondary N) is 2. The van der Waals surface area contributed by atoms with Gasteiger partial charge >= 0.3 is 0 Å². The second-order valence-corrected chi connectivity index (χ2v) is 5.46. The molecule has 0 aliphatic carbocycles. The van der Waals surface area contributed by atoms with Crippen LogP contribution >= 0.6 is 0 Å². The number of amides is 1. The van der Waals surface area contributed by atoms with Crippen molar-refractivity contribution in [2.75, 3.05) is 19.7 Å². The van der Waals surface area contributed by atoms with Gasteiger partial charge in [0, 0.05) is 25.6 Å². The van der Waals surface area contributed by atoms with Crippen LogP contribution in [-0.2, 0) is 9.53 Å². The topological polar surface area (TPSA) is 50.4 Å². The lowest BCUT2D eigenvalue weighted by Gasteiger charge is -2.23. The van der Waals surface area contributed by atoms with Crippen molar-refractivity contribution in [2.45, 2.75) is 63.5 Å². The van der Waals surface area contributed by atoms with E-state index in [0.717, 1.165) is 45.4 Å². The summed E-state index contributed by atoms with van der Waals surface area (Å²) in [6.07, 6.45) is 9.04. The van der Waals surface area contributed by atoms with Crippen molar-refractivity contribution < 1.29 is 9.53 Å². The summed E-state index contributed by atoms with van der Waals surface area (Å²) in [4.78, 5) is 11.7. The van der Waals surface area contributed by atoms with Gasteiger partial charge in [-0.25, -0.2) is 0 Å². The van der Waals surface area contributed by atoms with Crippen LogP contribution in [0.5, 0.6) is 0 Å². The highest BCUT2D eigenvalue weighted by molar-refractivity contribution is 5.75. The zero-order chi connectivity index (χ0) is 12.6. The minimum atomic E-state index is 0.182. The van der Waals surface area contributed by atoms with E-state index in [9.17, 15) is 4.79 Å². The molecule has 0 radical (unpaired) electrons. The van der Waals surface area contributed by atoms with E-state index in [-0.39, 0.29) is 5.91 Å². The highest BCUT2D eigenvalue weighted by Gasteiger charge is 2.17. The lowest BCUT2D eigenvalue weighted by atomic mass is 10.0. The Morgan fingerprint density at radius 1 is 1.22 bits per heavy atom. The monoisotopic (exact) mass is 254 g/mol. The van der Waals surface area contributed by atoms with Crippen LogP contribution in [0.4, 0.5) is 0 Å². The second kappa shape index (κ2) is 7.74. The molecule has 2 N–H and O–H groups in total. The number of hydrogen-bond donors (Lipinski definition) is 2. The fourth-order valence-corrected chi connectivity index (χ4v) is 2.81. The van der Waals surface area contributed by atoms with Crippen LogP contribution in [0.25, 0.3) is 0 Å². The summed E-state index contributed by atoms with van der Waals surface area (Å²) in [5, 5.41) is 6.52. The van der Waals surface area contributed by atoms with Crippen LogP contribution in [0.1, 0.15) is 51.4 Å². The Labute approximate surface area is 110 Å². The Morgan fingerprint density at radius 2 is 2.17 bits per heavy atom. The normalized spacial score (nSPS) is 28.2. The van der Waals surface area contributed by atoms with Gasteiger partial charge in [-0.05, 0) is 45.1 Å². The van der Waals surface area contributed by atoms with Crippen molar-refractivity contribution in [3.05, 3.63) is 0 Å². The zero-order valence-electron chi connectivity index (χ0n) is 11.2. The first-order valence-electron chi connectivity index (χ1n) is 7.46. The molecule has 1 amide bonds.